The molecule has 1 rings (SSSR count). The summed E-state index contributed by atoms with van der Waals surface area (Å²) in [7, 11) is -4.16. The van der Waals surface area contributed by atoms with Crippen LogP contribution in [0.1, 0.15) is 0 Å². The molecule has 13 heavy (non-hydrogen) atoms. The van der Waals surface area contributed by atoms with Crippen molar-refractivity contribution in [2.45, 2.75) is 4.90 Å². The molecule has 0 saturated heterocycles. The quantitative estimate of drug-likeness (QED) is 0.546. The van der Waals surface area contributed by atoms with E-state index >= 15 is 0 Å². The normalized spacial score (nSPS) is 10.8. The van der Waals surface area contributed by atoms with Crippen LogP contribution in [0, 0.1) is 0 Å². The van der Waals surface area contributed by atoms with E-state index in [4.69, 9.17) is 4.55 Å². The minimum atomic E-state index is -4.16. The monoisotopic (exact) mass is 200 g/mol. The van der Waals surface area contributed by atoms with E-state index in [9.17, 15) is 13.2 Å². The summed E-state index contributed by atoms with van der Waals surface area (Å²) in [4.78, 5) is 9.63. The molecule has 1 radical (unpaired) electrons. The lowest BCUT2D eigenvalue weighted by molar-refractivity contribution is 0.483. The molecule has 2 N–H and O–H groups in total. The molecule has 0 spiro atoms. The maximum atomic E-state index is 10.6. The lowest BCUT2D eigenvalue weighted by atomic mass is 10.3. The summed E-state index contributed by atoms with van der Waals surface area (Å²) in [5.74, 6) is 0. The molecule has 69 valence electrons. The van der Waals surface area contributed by atoms with Crippen LogP contribution in [0.2, 0.25) is 0 Å². The highest BCUT2D eigenvalue weighted by Crippen LogP contribution is 2.12. The van der Waals surface area contributed by atoms with Crippen molar-refractivity contribution in [2.75, 3.05) is 5.32 Å². The highest BCUT2D eigenvalue weighted by atomic mass is 32.2. The molecule has 0 aliphatic rings. The summed E-state index contributed by atoms with van der Waals surface area (Å²) in [6.07, 6.45) is 1.43. The Morgan fingerprint density at radius 1 is 1.23 bits per heavy atom. The molecule has 1 aromatic rings. The molecule has 1 aromatic carbocycles. The molecule has 0 aromatic heterocycles. The van der Waals surface area contributed by atoms with E-state index < -0.39 is 10.1 Å². The van der Waals surface area contributed by atoms with E-state index in [1.807, 2.05) is 0 Å². The van der Waals surface area contributed by atoms with E-state index in [-0.39, 0.29) is 4.90 Å². The van der Waals surface area contributed by atoms with Crippen molar-refractivity contribution in [3.8, 4) is 0 Å². The number of hydrogen-bond acceptors (Lipinski definition) is 3. The summed E-state index contributed by atoms with van der Waals surface area (Å²) in [6.45, 7) is 0. The second-order valence-electron chi connectivity index (χ2n) is 2.23. The van der Waals surface area contributed by atoms with E-state index in [1.54, 1.807) is 0 Å². The Kier molecular flexibility index (Phi) is 2.64. The van der Waals surface area contributed by atoms with Crippen molar-refractivity contribution in [3.05, 3.63) is 24.3 Å². The van der Waals surface area contributed by atoms with E-state index in [0.29, 0.717) is 5.69 Å². The van der Waals surface area contributed by atoms with Crippen molar-refractivity contribution >= 4 is 22.2 Å². The smallest absolute Gasteiger partial charge is 0.314 e. The Morgan fingerprint density at radius 3 is 2.15 bits per heavy atom. The Labute approximate surface area is 75.1 Å². The third kappa shape index (κ3) is 2.53. The Bertz CT molecular complexity index is 395. The van der Waals surface area contributed by atoms with Gasteiger partial charge in [0.25, 0.3) is 10.1 Å². The van der Waals surface area contributed by atoms with Gasteiger partial charge >= 0.3 is 6.41 Å². The third-order valence-corrected chi connectivity index (χ3v) is 2.22. The number of rotatable bonds is 3. The molecular weight excluding hydrogens is 194 g/mol. The standard InChI is InChI=1S/C7H6NO4S/c9-5-8-6-1-3-7(4-2-6)13(10,11)12/h1-4H,(H,8,9)(H,10,11,12). The van der Waals surface area contributed by atoms with Gasteiger partial charge in [-0.15, -0.1) is 0 Å². The number of carbonyl (C=O) groups excluding carboxylic acids is 1. The van der Waals surface area contributed by atoms with Gasteiger partial charge in [0, 0.05) is 5.69 Å². The van der Waals surface area contributed by atoms with Gasteiger partial charge in [0.2, 0.25) is 0 Å². The van der Waals surface area contributed by atoms with Gasteiger partial charge in [-0.1, -0.05) is 0 Å². The van der Waals surface area contributed by atoms with Crippen LogP contribution in [0.15, 0.2) is 29.2 Å². The fourth-order valence-corrected chi connectivity index (χ4v) is 1.25. The second kappa shape index (κ2) is 3.55. The molecule has 0 saturated carbocycles. The lowest BCUT2D eigenvalue weighted by Gasteiger charge is -1.98. The minimum Gasteiger partial charge on any atom is -0.318 e. The average Bonchev–Trinajstić information content (AvgIpc) is 2.04. The van der Waals surface area contributed by atoms with Crippen LogP contribution in [0.4, 0.5) is 5.69 Å². The first-order valence-corrected chi connectivity index (χ1v) is 4.69. The van der Waals surface area contributed by atoms with Crippen LogP contribution in [0.5, 0.6) is 0 Å². The Balaban J connectivity index is 3.01. The van der Waals surface area contributed by atoms with Crippen LogP contribution >= 0.6 is 0 Å². The molecule has 1 amide bonds. The topological polar surface area (TPSA) is 83.5 Å². The zero-order valence-corrected chi connectivity index (χ0v) is 7.21. The van der Waals surface area contributed by atoms with Gasteiger partial charge in [-0.05, 0) is 24.3 Å². The van der Waals surface area contributed by atoms with Gasteiger partial charge in [-0.3, -0.25) is 9.35 Å². The van der Waals surface area contributed by atoms with Crippen LogP contribution < -0.4 is 5.32 Å². The van der Waals surface area contributed by atoms with Crippen LogP contribution in [-0.2, 0) is 14.9 Å². The summed E-state index contributed by atoms with van der Waals surface area (Å²) >= 11 is 0. The van der Waals surface area contributed by atoms with Crippen LogP contribution in [0.3, 0.4) is 0 Å². The Hall–Kier alpha value is -1.40. The van der Waals surface area contributed by atoms with E-state index in [0.717, 1.165) is 0 Å². The van der Waals surface area contributed by atoms with Gasteiger partial charge < -0.3 is 5.32 Å². The molecule has 0 fully saturated rings. The van der Waals surface area contributed by atoms with Crippen molar-refractivity contribution in [3.63, 3.8) is 0 Å². The maximum absolute atomic E-state index is 10.6. The highest BCUT2D eigenvalue weighted by Gasteiger charge is 2.07. The molecule has 0 aliphatic heterocycles. The zero-order chi connectivity index (χ0) is 9.90. The van der Waals surface area contributed by atoms with Crippen molar-refractivity contribution in [1.29, 1.82) is 0 Å². The maximum Gasteiger partial charge on any atom is 0.314 e. The molecule has 5 nitrogen and oxygen atoms in total. The van der Waals surface area contributed by atoms with Gasteiger partial charge in [0.05, 0.1) is 4.90 Å². The van der Waals surface area contributed by atoms with Crippen LogP contribution in [-0.4, -0.2) is 19.4 Å². The summed E-state index contributed by atoms with van der Waals surface area (Å²) in [6, 6.07) is 5.03. The number of amides is 1. The molecule has 0 bridgehead atoms. The first-order chi connectivity index (χ1) is 6.04. The van der Waals surface area contributed by atoms with Crippen molar-refractivity contribution in [2.24, 2.45) is 0 Å². The third-order valence-electron chi connectivity index (χ3n) is 1.35. The second-order valence-corrected chi connectivity index (χ2v) is 3.65. The number of nitrogens with one attached hydrogen (secondary N) is 1. The van der Waals surface area contributed by atoms with E-state index in [1.165, 1.54) is 30.7 Å². The van der Waals surface area contributed by atoms with Gasteiger partial charge in [-0.25, -0.2) is 0 Å². The summed E-state index contributed by atoms with van der Waals surface area (Å²) in [5, 5.41) is 2.20. The van der Waals surface area contributed by atoms with Gasteiger partial charge in [0.1, 0.15) is 0 Å². The fraction of sp³-hybridized carbons (Fsp3) is 0. The van der Waals surface area contributed by atoms with Crippen LogP contribution in [0.25, 0.3) is 0 Å². The molecular formula is C7H6NO4S. The molecule has 6 heteroatoms. The molecule has 0 unspecified atom stereocenters. The predicted octanol–water partition coefficient (Wildman–Crippen LogP) is 0.412. The zero-order valence-electron chi connectivity index (χ0n) is 6.39. The van der Waals surface area contributed by atoms with Gasteiger partial charge in [0.15, 0.2) is 0 Å². The van der Waals surface area contributed by atoms with E-state index in [2.05, 4.69) is 5.32 Å². The van der Waals surface area contributed by atoms with Crippen molar-refractivity contribution < 1.29 is 17.8 Å². The highest BCUT2D eigenvalue weighted by molar-refractivity contribution is 7.85. The minimum absolute atomic E-state index is 0.219. The first kappa shape index (κ1) is 9.69. The first-order valence-electron chi connectivity index (χ1n) is 3.25. The summed E-state index contributed by atoms with van der Waals surface area (Å²) in [5.41, 5.74) is 0.405. The predicted molar refractivity (Wildman–Crippen MR) is 45.6 cm³/mol. The number of anilines is 1. The fourth-order valence-electron chi connectivity index (χ4n) is 0.769. The summed E-state index contributed by atoms with van der Waals surface area (Å²) < 4.78 is 29.7. The average molecular weight is 200 g/mol. The SMILES string of the molecule is O=[C]Nc1ccc(S(=O)(=O)O)cc1. The van der Waals surface area contributed by atoms with Crippen molar-refractivity contribution in [1.82, 2.24) is 0 Å². The molecule has 0 aliphatic carbocycles. The number of benzene rings is 1. The van der Waals surface area contributed by atoms with Gasteiger partial charge in [-0.2, -0.15) is 8.42 Å². The number of hydrogen-bond donors (Lipinski definition) is 2. The Morgan fingerprint density at radius 2 is 1.77 bits per heavy atom. The molecule has 0 atom stereocenters. The lowest BCUT2D eigenvalue weighted by Crippen LogP contribution is -1.98. The largest absolute Gasteiger partial charge is 0.318 e. The molecule has 0 heterocycles.